The van der Waals surface area contributed by atoms with Crippen LogP contribution in [0.4, 0.5) is 0 Å². The molecule has 0 saturated carbocycles. The third-order valence-electron chi connectivity index (χ3n) is 1.95. The minimum Gasteiger partial charge on any atom is -0.506 e. The second kappa shape index (κ2) is 4.46. The van der Waals surface area contributed by atoms with Crippen LogP contribution in [0.15, 0.2) is 29.3 Å². The Kier molecular flexibility index (Phi) is 3.49. The SMILES string of the molecule is C=C[C@@H](N)c1cc(C(=O)O)cc(Br)c1O. The van der Waals surface area contributed by atoms with Gasteiger partial charge < -0.3 is 15.9 Å². The predicted octanol–water partition coefficient (Wildman–Crippen LogP) is 2.04. The molecular weight excluding hydrogens is 262 g/mol. The number of phenols is 1. The molecule has 4 nitrogen and oxygen atoms in total. The van der Waals surface area contributed by atoms with Gasteiger partial charge in [0.15, 0.2) is 0 Å². The maximum Gasteiger partial charge on any atom is 0.335 e. The lowest BCUT2D eigenvalue weighted by Gasteiger charge is -2.11. The predicted molar refractivity (Wildman–Crippen MR) is 59.9 cm³/mol. The van der Waals surface area contributed by atoms with E-state index in [-0.39, 0.29) is 11.3 Å². The van der Waals surface area contributed by atoms with E-state index in [0.717, 1.165) is 0 Å². The average molecular weight is 272 g/mol. The molecular formula is C10H10BrNO3. The zero-order valence-electron chi connectivity index (χ0n) is 7.77. The van der Waals surface area contributed by atoms with Crippen molar-refractivity contribution in [3.8, 4) is 5.75 Å². The number of phenolic OH excluding ortho intramolecular Hbond substituents is 1. The number of halogens is 1. The molecule has 80 valence electrons. The lowest BCUT2D eigenvalue weighted by Crippen LogP contribution is -2.09. The molecule has 0 amide bonds. The summed E-state index contributed by atoms with van der Waals surface area (Å²) in [5, 5.41) is 18.4. The fourth-order valence-corrected chi connectivity index (χ4v) is 1.60. The van der Waals surface area contributed by atoms with Crippen molar-refractivity contribution < 1.29 is 15.0 Å². The summed E-state index contributed by atoms with van der Waals surface area (Å²) >= 11 is 3.06. The Hall–Kier alpha value is -1.33. The highest BCUT2D eigenvalue weighted by Crippen LogP contribution is 2.32. The standard InChI is InChI=1S/C10H10BrNO3/c1-2-8(12)6-3-5(10(14)15)4-7(11)9(6)13/h2-4,8,13H,1,12H2,(H,14,15)/t8-/m1/s1. The molecule has 1 aromatic rings. The highest BCUT2D eigenvalue weighted by molar-refractivity contribution is 9.10. The first-order valence-corrected chi connectivity index (χ1v) is 4.90. The topological polar surface area (TPSA) is 83.6 Å². The molecule has 0 saturated heterocycles. The summed E-state index contributed by atoms with van der Waals surface area (Å²) in [4.78, 5) is 10.8. The molecule has 1 atom stereocenters. The Morgan fingerprint density at radius 1 is 1.60 bits per heavy atom. The van der Waals surface area contributed by atoms with E-state index in [0.29, 0.717) is 10.0 Å². The quantitative estimate of drug-likeness (QED) is 0.735. The number of hydrogen-bond acceptors (Lipinski definition) is 3. The van der Waals surface area contributed by atoms with Crippen molar-refractivity contribution in [2.75, 3.05) is 0 Å². The number of carbonyl (C=O) groups is 1. The Morgan fingerprint density at radius 2 is 2.20 bits per heavy atom. The molecule has 0 unspecified atom stereocenters. The number of carboxylic acids is 1. The molecule has 4 N–H and O–H groups in total. The van der Waals surface area contributed by atoms with Gasteiger partial charge in [-0.1, -0.05) is 6.08 Å². The molecule has 0 radical (unpaired) electrons. The summed E-state index contributed by atoms with van der Waals surface area (Å²) in [6, 6.07) is 2.05. The van der Waals surface area contributed by atoms with Crippen molar-refractivity contribution in [1.82, 2.24) is 0 Å². The zero-order chi connectivity index (χ0) is 11.6. The fraction of sp³-hybridized carbons (Fsp3) is 0.100. The molecule has 15 heavy (non-hydrogen) atoms. The molecule has 0 spiro atoms. The Bertz CT molecular complexity index is 417. The molecule has 0 aliphatic carbocycles. The summed E-state index contributed by atoms with van der Waals surface area (Å²) in [5.74, 6) is -1.14. The third kappa shape index (κ3) is 2.37. The normalized spacial score (nSPS) is 12.1. The largest absolute Gasteiger partial charge is 0.506 e. The molecule has 0 aliphatic rings. The second-order valence-corrected chi connectivity index (χ2v) is 3.82. The first-order chi connectivity index (χ1) is 6.97. The first-order valence-electron chi connectivity index (χ1n) is 4.11. The van der Waals surface area contributed by atoms with Gasteiger partial charge in [-0.05, 0) is 28.1 Å². The van der Waals surface area contributed by atoms with Gasteiger partial charge in [-0.25, -0.2) is 4.79 Å². The Balaban J connectivity index is 3.37. The maximum atomic E-state index is 10.8. The van der Waals surface area contributed by atoms with Crippen LogP contribution in [0, 0.1) is 0 Å². The Labute approximate surface area is 95.2 Å². The molecule has 0 fully saturated rings. The van der Waals surface area contributed by atoms with Crippen molar-refractivity contribution in [3.63, 3.8) is 0 Å². The summed E-state index contributed by atoms with van der Waals surface area (Å²) in [6.07, 6.45) is 1.42. The van der Waals surface area contributed by atoms with Crippen LogP contribution >= 0.6 is 15.9 Å². The Morgan fingerprint density at radius 3 is 2.67 bits per heavy atom. The minimum atomic E-state index is -1.08. The first kappa shape index (κ1) is 11.7. The van der Waals surface area contributed by atoms with Gasteiger partial charge in [-0.2, -0.15) is 0 Å². The van der Waals surface area contributed by atoms with E-state index in [9.17, 15) is 9.90 Å². The summed E-state index contributed by atoms with van der Waals surface area (Å²) in [5.41, 5.74) is 6.03. The molecule has 1 rings (SSSR count). The molecule has 0 bridgehead atoms. The highest BCUT2D eigenvalue weighted by Gasteiger charge is 2.15. The van der Waals surface area contributed by atoms with E-state index in [2.05, 4.69) is 22.5 Å². The van der Waals surface area contributed by atoms with Crippen LogP contribution in [0.25, 0.3) is 0 Å². The van der Waals surface area contributed by atoms with Gasteiger partial charge in [0, 0.05) is 5.56 Å². The number of hydrogen-bond donors (Lipinski definition) is 3. The van der Waals surface area contributed by atoms with E-state index in [1.165, 1.54) is 18.2 Å². The van der Waals surface area contributed by atoms with Crippen molar-refractivity contribution in [2.24, 2.45) is 5.73 Å². The lowest BCUT2D eigenvalue weighted by molar-refractivity contribution is 0.0696. The average Bonchev–Trinajstić information content (AvgIpc) is 2.20. The van der Waals surface area contributed by atoms with Crippen molar-refractivity contribution >= 4 is 21.9 Å². The number of aromatic hydroxyl groups is 1. The van der Waals surface area contributed by atoms with Gasteiger partial charge in [0.2, 0.25) is 0 Å². The second-order valence-electron chi connectivity index (χ2n) is 2.96. The van der Waals surface area contributed by atoms with E-state index < -0.39 is 12.0 Å². The van der Waals surface area contributed by atoms with E-state index in [1.54, 1.807) is 0 Å². The minimum absolute atomic E-state index is 0.0620. The van der Waals surface area contributed by atoms with Crippen LogP contribution < -0.4 is 5.73 Å². The van der Waals surface area contributed by atoms with Crippen LogP contribution in [0.3, 0.4) is 0 Å². The lowest BCUT2D eigenvalue weighted by atomic mass is 10.0. The zero-order valence-corrected chi connectivity index (χ0v) is 9.36. The molecule has 1 aromatic carbocycles. The van der Waals surface area contributed by atoms with Crippen molar-refractivity contribution in [3.05, 3.63) is 40.4 Å². The van der Waals surface area contributed by atoms with Crippen LogP contribution in [0.5, 0.6) is 5.75 Å². The van der Waals surface area contributed by atoms with Gasteiger partial charge >= 0.3 is 5.97 Å². The van der Waals surface area contributed by atoms with Gasteiger partial charge in [-0.15, -0.1) is 6.58 Å². The third-order valence-corrected chi connectivity index (χ3v) is 2.56. The van der Waals surface area contributed by atoms with Gasteiger partial charge in [0.25, 0.3) is 0 Å². The molecule has 0 aromatic heterocycles. The van der Waals surface area contributed by atoms with Crippen molar-refractivity contribution in [1.29, 1.82) is 0 Å². The highest BCUT2D eigenvalue weighted by atomic mass is 79.9. The smallest absolute Gasteiger partial charge is 0.335 e. The van der Waals surface area contributed by atoms with Gasteiger partial charge in [0.1, 0.15) is 5.75 Å². The number of nitrogens with two attached hydrogens (primary N) is 1. The van der Waals surface area contributed by atoms with Crippen LogP contribution in [0.2, 0.25) is 0 Å². The number of carboxylic acid groups (broad SMARTS) is 1. The van der Waals surface area contributed by atoms with Crippen LogP contribution in [-0.2, 0) is 0 Å². The molecule has 0 heterocycles. The summed E-state index contributed by atoms with van der Waals surface area (Å²) < 4.78 is 0.301. The maximum absolute atomic E-state index is 10.8. The fourth-order valence-electron chi connectivity index (χ4n) is 1.12. The van der Waals surface area contributed by atoms with Gasteiger partial charge in [-0.3, -0.25) is 0 Å². The van der Waals surface area contributed by atoms with E-state index in [1.807, 2.05) is 0 Å². The monoisotopic (exact) mass is 271 g/mol. The molecule has 0 aliphatic heterocycles. The summed E-state index contributed by atoms with van der Waals surface area (Å²) in [7, 11) is 0. The molecule has 5 heteroatoms. The van der Waals surface area contributed by atoms with Crippen molar-refractivity contribution in [2.45, 2.75) is 6.04 Å². The van der Waals surface area contributed by atoms with Gasteiger partial charge in [0.05, 0.1) is 16.1 Å². The van der Waals surface area contributed by atoms with E-state index >= 15 is 0 Å². The number of benzene rings is 1. The summed E-state index contributed by atoms with van der Waals surface area (Å²) in [6.45, 7) is 3.48. The number of aromatic carboxylic acids is 1. The van der Waals surface area contributed by atoms with Crippen LogP contribution in [-0.4, -0.2) is 16.2 Å². The van der Waals surface area contributed by atoms with Crippen LogP contribution in [0.1, 0.15) is 22.0 Å². The van der Waals surface area contributed by atoms with E-state index in [4.69, 9.17) is 10.8 Å². The number of rotatable bonds is 3.